The quantitative estimate of drug-likeness (QED) is 0.0788. The van der Waals surface area contributed by atoms with E-state index in [0.717, 1.165) is 30.5 Å². The Morgan fingerprint density at radius 2 is 1.15 bits per heavy atom. The summed E-state index contributed by atoms with van der Waals surface area (Å²) in [6.45, 7) is 20.9. The molecule has 268 valence electrons. The standard InChI is InChI=1S/C37H67N3O5Si2/c1-11-46(12-2,13-3)26-20-24-37(35(43)38-29(7)8,25-21-27-47(14-4,15-5)16-6)33(41)30(9)39-34(42)31(10)40-36(44)45-28-32-22-18-17-19-23-32/h17-19,22-23,29-31H,11-16,20-21,24-28H2,1-10H3,(H,38,43)(H,39,42)(H,40,44)/t30-,31-/m0/s1. The van der Waals surface area contributed by atoms with Crippen molar-refractivity contribution in [1.29, 1.82) is 0 Å². The van der Waals surface area contributed by atoms with Gasteiger partial charge in [0.05, 0.1) is 22.2 Å². The number of amides is 3. The third-order valence-electron chi connectivity index (χ3n) is 11.1. The highest BCUT2D eigenvalue weighted by atomic mass is 28.3. The van der Waals surface area contributed by atoms with Crippen LogP contribution in [-0.2, 0) is 25.7 Å². The lowest BCUT2D eigenvalue weighted by atomic mass is 9.72. The highest BCUT2D eigenvalue weighted by Gasteiger charge is 2.48. The van der Waals surface area contributed by atoms with Gasteiger partial charge >= 0.3 is 6.09 Å². The van der Waals surface area contributed by atoms with E-state index in [1.165, 1.54) is 36.3 Å². The molecule has 0 fully saturated rings. The molecule has 0 heterocycles. The van der Waals surface area contributed by atoms with E-state index >= 15 is 0 Å². The minimum absolute atomic E-state index is 0.0832. The lowest BCUT2D eigenvalue weighted by Crippen LogP contribution is -2.57. The Kier molecular flexibility index (Phi) is 18.8. The second-order valence-electron chi connectivity index (χ2n) is 14.1. The van der Waals surface area contributed by atoms with Crippen LogP contribution < -0.4 is 16.0 Å². The van der Waals surface area contributed by atoms with E-state index in [9.17, 15) is 19.2 Å². The fraction of sp³-hybridized carbons (Fsp3) is 0.730. The Morgan fingerprint density at radius 1 is 0.681 bits per heavy atom. The van der Waals surface area contributed by atoms with E-state index in [1.54, 1.807) is 13.8 Å². The number of Topliss-reactive ketones (excluding diaryl/α,β-unsaturated/α-hetero) is 1. The third kappa shape index (κ3) is 12.8. The molecule has 1 rings (SSSR count). The van der Waals surface area contributed by atoms with Gasteiger partial charge in [-0.3, -0.25) is 14.4 Å². The van der Waals surface area contributed by atoms with Crippen molar-refractivity contribution in [3.8, 4) is 0 Å². The van der Waals surface area contributed by atoms with Gasteiger partial charge in [-0.2, -0.15) is 0 Å². The highest BCUT2D eigenvalue weighted by molar-refractivity contribution is 6.80. The summed E-state index contributed by atoms with van der Waals surface area (Å²) in [6.07, 6.45) is 1.90. The maximum absolute atomic E-state index is 14.6. The maximum atomic E-state index is 14.6. The number of carbonyl (C=O) groups is 4. The topological polar surface area (TPSA) is 114 Å². The number of hydrogen-bond acceptors (Lipinski definition) is 5. The fourth-order valence-electron chi connectivity index (χ4n) is 7.03. The lowest BCUT2D eigenvalue weighted by Gasteiger charge is -2.37. The van der Waals surface area contributed by atoms with Crippen molar-refractivity contribution in [1.82, 2.24) is 16.0 Å². The molecule has 0 bridgehead atoms. The van der Waals surface area contributed by atoms with E-state index in [-0.39, 0.29) is 24.3 Å². The third-order valence-corrected chi connectivity index (χ3v) is 23.0. The van der Waals surface area contributed by atoms with Crippen molar-refractivity contribution in [2.24, 2.45) is 5.41 Å². The molecule has 0 aliphatic heterocycles. The molecule has 0 aliphatic rings. The number of ether oxygens (including phenoxy) is 1. The van der Waals surface area contributed by atoms with E-state index in [1.807, 2.05) is 44.2 Å². The van der Waals surface area contributed by atoms with Crippen LogP contribution in [0.4, 0.5) is 4.79 Å². The molecular weight excluding hydrogens is 623 g/mol. The predicted molar refractivity (Wildman–Crippen MR) is 200 cm³/mol. The summed E-state index contributed by atoms with van der Waals surface area (Å²) in [6, 6.07) is 16.7. The molecule has 0 radical (unpaired) electrons. The Hall–Kier alpha value is -2.47. The first-order chi connectivity index (χ1) is 22.2. The summed E-state index contributed by atoms with van der Waals surface area (Å²) >= 11 is 0. The SMILES string of the molecule is CC[Si](CC)(CC)CCCC(CCC[Si](CC)(CC)CC)(C(=O)NC(C)C)C(=O)[C@H](C)NC(=O)[C@H](C)NC(=O)OCc1ccccc1. The molecule has 8 nitrogen and oxygen atoms in total. The van der Waals surface area contributed by atoms with Crippen LogP contribution in [0.2, 0.25) is 48.4 Å². The molecule has 0 unspecified atom stereocenters. The number of carbonyl (C=O) groups excluding carboxylic acids is 4. The summed E-state index contributed by atoms with van der Waals surface area (Å²) < 4.78 is 5.28. The molecule has 0 saturated heterocycles. The van der Waals surface area contributed by atoms with Crippen LogP contribution in [0.15, 0.2) is 30.3 Å². The second kappa shape index (κ2) is 20.8. The molecule has 1 aromatic carbocycles. The zero-order valence-corrected chi connectivity index (χ0v) is 33.4. The number of rotatable bonds is 23. The van der Waals surface area contributed by atoms with Crippen molar-refractivity contribution in [2.45, 2.75) is 168 Å². The Bertz CT molecular complexity index is 1060. The molecule has 3 amide bonds. The van der Waals surface area contributed by atoms with Crippen molar-refractivity contribution < 1.29 is 23.9 Å². The van der Waals surface area contributed by atoms with Gasteiger partial charge in [0, 0.05) is 6.04 Å². The van der Waals surface area contributed by atoms with Crippen LogP contribution in [0.1, 0.15) is 100 Å². The van der Waals surface area contributed by atoms with Crippen LogP contribution in [0, 0.1) is 5.41 Å². The Labute approximate surface area is 288 Å². The van der Waals surface area contributed by atoms with Crippen LogP contribution in [0.25, 0.3) is 0 Å². The molecular formula is C37H67N3O5Si2. The predicted octanol–water partition coefficient (Wildman–Crippen LogP) is 8.46. The monoisotopic (exact) mass is 689 g/mol. The molecule has 1 aromatic rings. The molecule has 2 atom stereocenters. The first kappa shape index (κ1) is 42.6. The zero-order valence-electron chi connectivity index (χ0n) is 31.4. The Morgan fingerprint density at radius 3 is 1.57 bits per heavy atom. The van der Waals surface area contributed by atoms with E-state index in [0.29, 0.717) is 12.8 Å². The van der Waals surface area contributed by atoms with Gasteiger partial charge in [-0.1, -0.05) is 133 Å². The van der Waals surface area contributed by atoms with Gasteiger partial charge in [-0.15, -0.1) is 0 Å². The summed E-state index contributed by atoms with van der Waals surface area (Å²) in [7, 11) is -2.94. The van der Waals surface area contributed by atoms with Crippen LogP contribution >= 0.6 is 0 Å². The second-order valence-corrected chi connectivity index (χ2v) is 25.3. The number of benzene rings is 1. The van der Waals surface area contributed by atoms with Gasteiger partial charge in [0.15, 0.2) is 5.78 Å². The van der Waals surface area contributed by atoms with Gasteiger partial charge in [0.25, 0.3) is 0 Å². The zero-order chi connectivity index (χ0) is 35.7. The smallest absolute Gasteiger partial charge is 0.408 e. The van der Waals surface area contributed by atoms with Gasteiger partial charge < -0.3 is 20.7 Å². The molecule has 0 aliphatic carbocycles. The fourth-order valence-corrected chi connectivity index (χ4v) is 14.0. The van der Waals surface area contributed by atoms with E-state index in [4.69, 9.17) is 4.74 Å². The molecule has 47 heavy (non-hydrogen) atoms. The molecule has 0 saturated carbocycles. The average molecular weight is 690 g/mol. The van der Waals surface area contributed by atoms with Crippen LogP contribution in [0.5, 0.6) is 0 Å². The van der Waals surface area contributed by atoms with Gasteiger partial charge in [-0.25, -0.2) is 4.79 Å². The minimum atomic E-state index is -1.47. The van der Waals surface area contributed by atoms with Crippen molar-refractivity contribution in [3.63, 3.8) is 0 Å². The van der Waals surface area contributed by atoms with Crippen LogP contribution in [0.3, 0.4) is 0 Å². The minimum Gasteiger partial charge on any atom is -0.445 e. The summed E-state index contributed by atoms with van der Waals surface area (Å²) in [4.78, 5) is 54.5. The van der Waals surface area contributed by atoms with Crippen molar-refractivity contribution in [3.05, 3.63) is 35.9 Å². The first-order valence-corrected chi connectivity index (χ1v) is 24.0. The van der Waals surface area contributed by atoms with Gasteiger partial charge in [0.2, 0.25) is 11.8 Å². The van der Waals surface area contributed by atoms with Crippen LogP contribution in [-0.4, -0.2) is 58.0 Å². The number of ketones is 1. The number of alkyl carbamates (subject to hydrolysis) is 1. The number of nitrogens with one attached hydrogen (secondary N) is 3. The van der Waals surface area contributed by atoms with E-state index < -0.39 is 45.6 Å². The molecule has 10 heteroatoms. The molecule has 0 aromatic heterocycles. The van der Waals surface area contributed by atoms with Crippen molar-refractivity contribution >= 4 is 39.8 Å². The summed E-state index contributed by atoms with van der Waals surface area (Å²) in [5.41, 5.74) is -0.393. The van der Waals surface area contributed by atoms with Gasteiger partial charge in [-0.05, 0) is 46.1 Å². The maximum Gasteiger partial charge on any atom is 0.408 e. The Balaban J connectivity index is 3.26. The first-order valence-electron chi connectivity index (χ1n) is 18.4. The molecule has 3 N–H and O–H groups in total. The lowest BCUT2D eigenvalue weighted by molar-refractivity contribution is -0.146. The largest absolute Gasteiger partial charge is 0.445 e. The number of hydrogen-bond donors (Lipinski definition) is 3. The molecule has 0 spiro atoms. The normalized spacial score (nSPS) is 13.5. The van der Waals surface area contributed by atoms with Gasteiger partial charge in [0.1, 0.15) is 18.1 Å². The summed E-state index contributed by atoms with van der Waals surface area (Å²) in [5, 5.41) is 8.50. The summed E-state index contributed by atoms with van der Waals surface area (Å²) in [5.74, 6) is -0.955. The average Bonchev–Trinajstić information content (AvgIpc) is 3.07. The van der Waals surface area contributed by atoms with E-state index in [2.05, 4.69) is 57.5 Å². The van der Waals surface area contributed by atoms with Crippen molar-refractivity contribution in [2.75, 3.05) is 0 Å². The highest BCUT2D eigenvalue weighted by Crippen LogP contribution is 2.39.